The van der Waals surface area contributed by atoms with Crippen LogP contribution in [0, 0.1) is 6.92 Å². The first-order valence-electron chi connectivity index (χ1n) is 12.1. The average molecular weight is 528 g/mol. The lowest BCUT2D eigenvalue weighted by Gasteiger charge is -2.36. The highest BCUT2D eigenvalue weighted by atomic mass is 32.2. The van der Waals surface area contributed by atoms with Gasteiger partial charge >= 0.3 is 0 Å². The lowest BCUT2D eigenvalue weighted by Crippen LogP contribution is -2.45. The Labute approximate surface area is 219 Å². The van der Waals surface area contributed by atoms with Gasteiger partial charge in [-0.15, -0.1) is 0 Å². The summed E-state index contributed by atoms with van der Waals surface area (Å²) in [5.74, 6) is 1.70. The zero-order valence-corrected chi connectivity index (χ0v) is 21.3. The number of para-hydroxylation sites is 2. The van der Waals surface area contributed by atoms with Crippen LogP contribution in [-0.4, -0.2) is 41.2 Å². The number of aromatic amines is 1. The molecular weight excluding hydrogens is 502 g/mol. The molecule has 0 bridgehead atoms. The van der Waals surface area contributed by atoms with Gasteiger partial charge in [0, 0.05) is 6.07 Å². The van der Waals surface area contributed by atoms with Crippen LogP contribution in [0.15, 0.2) is 83.9 Å². The summed E-state index contributed by atoms with van der Waals surface area (Å²) >= 11 is 0. The molecule has 3 heterocycles. The van der Waals surface area contributed by atoms with Crippen LogP contribution in [0.25, 0.3) is 11.0 Å². The number of ether oxygens (including phenoxy) is 1. The number of benzene rings is 3. The van der Waals surface area contributed by atoms with E-state index in [1.165, 1.54) is 4.31 Å². The van der Waals surface area contributed by atoms with Crippen molar-refractivity contribution < 1.29 is 13.2 Å². The van der Waals surface area contributed by atoms with Crippen molar-refractivity contribution in [3.63, 3.8) is 0 Å². The van der Waals surface area contributed by atoms with E-state index >= 15 is 0 Å². The minimum absolute atomic E-state index is 0.0930. The third-order valence-electron chi connectivity index (χ3n) is 6.50. The van der Waals surface area contributed by atoms with Crippen molar-refractivity contribution >= 4 is 38.5 Å². The summed E-state index contributed by atoms with van der Waals surface area (Å²) in [6.45, 7) is 2.13. The number of nitrogen functional groups attached to an aromatic ring is 1. The van der Waals surface area contributed by atoms with E-state index in [2.05, 4.69) is 25.5 Å². The van der Waals surface area contributed by atoms with Crippen molar-refractivity contribution in [2.75, 3.05) is 21.9 Å². The van der Waals surface area contributed by atoms with Crippen LogP contribution in [0.4, 0.5) is 17.5 Å². The number of H-pyrrole nitrogens is 1. The maximum atomic E-state index is 14.0. The topological polar surface area (TPSA) is 139 Å². The first-order valence-corrected chi connectivity index (χ1v) is 13.5. The summed E-state index contributed by atoms with van der Waals surface area (Å²) < 4.78 is 35.5. The highest BCUT2D eigenvalue weighted by molar-refractivity contribution is 7.92. The Kier molecular flexibility index (Phi) is 5.84. The summed E-state index contributed by atoms with van der Waals surface area (Å²) in [5.41, 5.74) is 8.90. The number of fused-ring (bicyclic) bond motifs is 2. The Hall–Kier alpha value is -4.64. The molecule has 1 aliphatic rings. The normalized spacial score (nSPS) is 15.3. The van der Waals surface area contributed by atoms with Gasteiger partial charge in [-0.2, -0.15) is 15.1 Å². The van der Waals surface area contributed by atoms with Crippen molar-refractivity contribution in [1.82, 2.24) is 20.2 Å². The molecule has 1 aliphatic heterocycles. The third kappa shape index (κ3) is 4.37. The number of nitrogens with zero attached hydrogens (tertiary/aromatic N) is 4. The second-order valence-electron chi connectivity index (χ2n) is 9.12. The quantitative estimate of drug-likeness (QED) is 0.298. The number of sulfonamides is 1. The molecule has 5 aromatic rings. The maximum absolute atomic E-state index is 14.0. The predicted octanol–water partition coefficient (Wildman–Crippen LogP) is 4.27. The Balaban J connectivity index is 1.34. The molecule has 6 rings (SSSR count). The van der Waals surface area contributed by atoms with Gasteiger partial charge in [0.15, 0.2) is 5.65 Å². The van der Waals surface area contributed by atoms with Crippen LogP contribution in [0.3, 0.4) is 0 Å². The number of rotatable bonds is 6. The molecule has 0 amide bonds. The number of nitrogens with two attached hydrogens (primary N) is 1. The zero-order chi connectivity index (χ0) is 26.3. The molecule has 0 saturated carbocycles. The van der Waals surface area contributed by atoms with Crippen molar-refractivity contribution in [2.45, 2.75) is 24.3 Å². The van der Waals surface area contributed by atoms with Gasteiger partial charge in [-0.3, -0.25) is 9.40 Å². The van der Waals surface area contributed by atoms with Crippen LogP contribution >= 0.6 is 0 Å². The minimum Gasteiger partial charge on any atom is -0.457 e. The van der Waals surface area contributed by atoms with E-state index in [1.54, 1.807) is 30.5 Å². The number of hydrogen-bond donors (Lipinski definition) is 3. The van der Waals surface area contributed by atoms with E-state index in [1.807, 2.05) is 55.5 Å². The molecule has 192 valence electrons. The van der Waals surface area contributed by atoms with Crippen molar-refractivity contribution in [1.29, 1.82) is 0 Å². The molecule has 38 heavy (non-hydrogen) atoms. The van der Waals surface area contributed by atoms with Gasteiger partial charge in [-0.25, -0.2) is 8.42 Å². The summed E-state index contributed by atoms with van der Waals surface area (Å²) in [5, 5.41) is 10.9. The van der Waals surface area contributed by atoms with Crippen LogP contribution in [0.5, 0.6) is 11.5 Å². The van der Waals surface area contributed by atoms with Gasteiger partial charge < -0.3 is 15.8 Å². The van der Waals surface area contributed by atoms with Crippen molar-refractivity contribution in [2.24, 2.45) is 0 Å². The lowest BCUT2D eigenvalue weighted by atomic mass is 9.99. The molecule has 1 atom stereocenters. The monoisotopic (exact) mass is 527 g/mol. The summed E-state index contributed by atoms with van der Waals surface area (Å²) in [6, 6.07) is 21.4. The molecule has 1 unspecified atom stereocenters. The number of hydrogen-bond acceptors (Lipinski definition) is 8. The van der Waals surface area contributed by atoms with Gasteiger partial charge in [0.2, 0.25) is 5.95 Å². The maximum Gasteiger partial charge on any atom is 0.264 e. The Morgan fingerprint density at radius 2 is 1.87 bits per heavy atom. The van der Waals surface area contributed by atoms with E-state index in [4.69, 9.17) is 10.5 Å². The number of aryl methyl sites for hydroxylation is 1. The third-order valence-corrected chi connectivity index (χ3v) is 8.27. The second kappa shape index (κ2) is 9.34. The van der Waals surface area contributed by atoms with Gasteiger partial charge in [0.25, 0.3) is 10.0 Å². The zero-order valence-electron chi connectivity index (χ0n) is 20.5. The molecule has 0 saturated heterocycles. The van der Waals surface area contributed by atoms with Crippen molar-refractivity contribution in [3.05, 3.63) is 90.1 Å². The van der Waals surface area contributed by atoms with E-state index in [0.717, 1.165) is 11.1 Å². The molecule has 0 radical (unpaired) electrons. The average Bonchev–Trinajstić information content (AvgIpc) is 3.38. The van der Waals surface area contributed by atoms with Crippen LogP contribution in [0.1, 0.15) is 11.1 Å². The van der Waals surface area contributed by atoms with Crippen LogP contribution in [-0.2, 0) is 16.4 Å². The van der Waals surface area contributed by atoms with E-state index in [0.29, 0.717) is 40.5 Å². The highest BCUT2D eigenvalue weighted by Crippen LogP contribution is 2.35. The SMILES string of the molecule is Cc1ccccc1Oc1cccc(S(=O)(=O)N2CC(Nc3nc(N)nc4[nH]ncc34)Cc3ccccc32)c1. The molecule has 10 nitrogen and oxygen atoms in total. The van der Waals surface area contributed by atoms with E-state index in [-0.39, 0.29) is 23.4 Å². The number of anilines is 3. The number of aromatic nitrogens is 4. The first kappa shape index (κ1) is 23.7. The fourth-order valence-corrected chi connectivity index (χ4v) is 6.24. The van der Waals surface area contributed by atoms with Crippen LogP contribution < -0.4 is 20.1 Å². The van der Waals surface area contributed by atoms with Gasteiger partial charge in [0.1, 0.15) is 17.3 Å². The molecule has 0 fully saturated rings. The minimum atomic E-state index is -3.93. The van der Waals surface area contributed by atoms with Crippen LogP contribution in [0.2, 0.25) is 0 Å². The highest BCUT2D eigenvalue weighted by Gasteiger charge is 2.34. The Morgan fingerprint density at radius 3 is 2.74 bits per heavy atom. The Bertz CT molecular complexity index is 1750. The van der Waals surface area contributed by atoms with Gasteiger partial charge in [-0.1, -0.05) is 42.5 Å². The smallest absolute Gasteiger partial charge is 0.264 e. The molecule has 3 aromatic carbocycles. The molecule has 4 N–H and O–H groups in total. The molecule has 2 aromatic heterocycles. The van der Waals surface area contributed by atoms with Gasteiger partial charge in [-0.05, 0) is 48.7 Å². The molecular formula is C27H25N7O3S. The van der Waals surface area contributed by atoms with Crippen molar-refractivity contribution in [3.8, 4) is 11.5 Å². The van der Waals surface area contributed by atoms with E-state index < -0.39 is 10.0 Å². The Morgan fingerprint density at radius 1 is 1.05 bits per heavy atom. The first-order chi connectivity index (χ1) is 18.4. The summed E-state index contributed by atoms with van der Waals surface area (Å²) in [6.07, 6.45) is 2.21. The number of nitrogens with one attached hydrogen (secondary N) is 2. The molecule has 0 aliphatic carbocycles. The predicted molar refractivity (Wildman–Crippen MR) is 146 cm³/mol. The van der Waals surface area contributed by atoms with E-state index in [9.17, 15) is 8.42 Å². The second-order valence-corrected chi connectivity index (χ2v) is 11.0. The molecule has 0 spiro atoms. The standard InChI is InChI=1S/C27H25N7O3S/c1-17-7-2-5-12-24(17)37-20-9-6-10-21(14-20)38(35,36)34-16-19(13-18-8-3-4-11-23(18)34)30-25-22-15-29-33-26(22)32-27(28)31-25/h2-12,14-15,19H,13,16H2,1H3,(H4,28,29,30,31,32,33). The largest absolute Gasteiger partial charge is 0.457 e. The lowest BCUT2D eigenvalue weighted by molar-refractivity contribution is 0.477. The summed E-state index contributed by atoms with van der Waals surface area (Å²) in [4.78, 5) is 8.63. The fourth-order valence-electron chi connectivity index (χ4n) is 4.66. The summed E-state index contributed by atoms with van der Waals surface area (Å²) in [7, 11) is -3.93. The molecule has 11 heteroatoms. The van der Waals surface area contributed by atoms with Gasteiger partial charge in [0.05, 0.1) is 34.8 Å². The fraction of sp³-hybridized carbons (Fsp3) is 0.148.